The highest BCUT2D eigenvalue weighted by atomic mass is 16.2. The van der Waals surface area contributed by atoms with E-state index in [1.165, 1.54) is 0 Å². The summed E-state index contributed by atoms with van der Waals surface area (Å²) in [5.41, 5.74) is 3.31. The van der Waals surface area contributed by atoms with E-state index in [0.717, 1.165) is 22.5 Å². The van der Waals surface area contributed by atoms with E-state index in [1.807, 2.05) is 98.8 Å². The van der Waals surface area contributed by atoms with Gasteiger partial charge in [0.2, 0.25) is 5.91 Å². The van der Waals surface area contributed by atoms with Crippen LogP contribution in [-0.2, 0) is 10.2 Å². The van der Waals surface area contributed by atoms with Crippen LogP contribution in [0.3, 0.4) is 0 Å². The Morgan fingerprint density at radius 2 is 1.52 bits per heavy atom. The predicted molar refractivity (Wildman–Crippen MR) is 109 cm³/mol. The predicted octanol–water partition coefficient (Wildman–Crippen LogP) is 5.69. The molecule has 0 N–H and O–H groups in total. The summed E-state index contributed by atoms with van der Waals surface area (Å²) < 4.78 is 0. The van der Waals surface area contributed by atoms with Gasteiger partial charge in [-0.1, -0.05) is 58.0 Å². The molecule has 3 nitrogen and oxygen atoms in total. The van der Waals surface area contributed by atoms with Crippen LogP contribution in [-0.4, -0.2) is 17.9 Å². The number of benzene rings is 1. The van der Waals surface area contributed by atoms with E-state index in [1.54, 1.807) is 11.1 Å². The molecule has 0 saturated heterocycles. The number of nitrogens with zero attached hydrogens (tertiary/aromatic N) is 2. The lowest BCUT2D eigenvalue weighted by Gasteiger charge is -2.30. The van der Waals surface area contributed by atoms with E-state index in [2.05, 4.69) is 4.98 Å². The van der Waals surface area contributed by atoms with Crippen molar-refractivity contribution >= 4 is 11.6 Å². The molecule has 0 unspecified atom stereocenters. The van der Waals surface area contributed by atoms with Crippen molar-refractivity contribution in [1.82, 2.24) is 4.98 Å². The fourth-order valence-electron chi connectivity index (χ4n) is 2.55. The van der Waals surface area contributed by atoms with Crippen LogP contribution in [0.5, 0.6) is 0 Å². The maximum Gasteiger partial charge on any atom is 0.236 e. The SMILES string of the molecule is CC.CC.Cc1cc(C)c(N(C)C(=O)C(C)(C)c2ccccc2)cn1. The van der Waals surface area contributed by atoms with E-state index < -0.39 is 5.41 Å². The number of aryl methyl sites for hydroxylation is 2. The smallest absolute Gasteiger partial charge is 0.236 e. The molecule has 0 aliphatic carbocycles. The third-order valence-electron chi connectivity index (χ3n) is 3.92. The minimum atomic E-state index is -0.576. The zero-order valence-electron chi connectivity index (χ0n) is 17.3. The largest absolute Gasteiger partial charge is 0.313 e. The van der Waals surface area contributed by atoms with Crippen molar-refractivity contribution in [3.63, 3.8) is 0 Å². The molecule has 1 aromatic heterocycles. The zero-order valence-corrected chi connectivity index (χ0v) is 17.3. The van der Waals surface area contributed by atoms with E-state index in [0.29, 0.717) is 0 Å². The van der Waals surface area contributed by atoms with Crippen molar-refractivity contribution < 1.29 is 4.79 Å². The average molecular weight is 343 g/mol. The Hall–Kier alpha value is -2.16. The summed E-state index contributed by atoms with van der Waals surface area (Å²) in [6, 6.07) is 11.9. The molecule has 0 spiro atoms. The molecule has 0 radical (unpaired) electrons. The second-order valence-electron chi connectivity index (χ2n) is 5.97. The Bertz CT molecular complexity index is 648. The van der Waals surface area contributed by atoms with Gasteiger partial charge in [0.1, 0.15) is 0 Å². The lowest BCUT2D eigenvalue weighted by Crippen LogP contribution is -2.41. The van der Waals surface area contributed by atoms with Crippen molar-refractivity contribution in [3.05, 3.63) is 59.4 Å². The molecule has 0 bridgehead atoms. The molecule has 1 amide bonds. The van der Waals surface area contributed by atoms with Crippen LogP contribution in [0.15, 0.2) is 42.6 Å². The first-order chi connectivity index (χ1) is 11.8. The molecule has 25 heavy (non-hydrogen) atoms. The zero-order chi connectivity index (χ0) is 19.6. The minimum Gasteiger partial charge on any atom is -0.313 e. The Labute approximate surface area is 154 Å². The fourth-order valence-corrected chi connectivity index (χ4v) is 2.55. The summed E-state index contributed by atoms with van der Waals surface area (Å²) in [7, 11) is 1.81. The van der Waals surface area contributed by atoms with Crippen LogP contribution < -0.4 is 4.90 Å². The number of hydrogen-bond donors (Lipinski definition) is 0. The highest BCUT2D eigenvalue weighted by molar-refractivity contribution is 6.00. The lowest BCUT2D eigenvalue weighted by atomic mass is 9.83. The molecule has 138 valence electrons. The molecular weight excluding hydrogens is 308 g/mol. The quantitative estimate of drug-likeness (QED) is 0.717. The number of carbonyl (C=O) groups excluding carboxylic acids is 1. The van der Waals surface area contributed by atoms with E-state index in [-0.39, 0.29) is 5.91 Å². The maximum absolute atomic E-state index is 12.9. The number of aromatic nitrogens is 1. The number of amides is 1. The summed E-state index contributed by atoms with van der Waals surface area (Å²) in [4.78, 5) is 18.9. The van der Waals surface area contributed by atoms with Crippen LogP contribution >= 0.6 is 0 Å². The lowest BCUT2D eigenvalue weighted by molar-refractivity contribution is -0.122. The third kappa shape index (κ3) is 5.70. The number of pyridine rings is 1. The Morgan fingerprint density at radius 3 is 2.00 bits per heavy atom. The van der Waals surface area contributed by atoms with Gasteiger partial charge in [-0.05, 0) is 44.9 Å². The molecule has 0 atom stereocenters. The molecule has 0 aliphatic rings. The number of anilines is 1. The van der Waals surface area contributed by atoms with Crippen molar-refractivity contribution in [2.75, 3.05) is 11.9 Å². The number of likely N-dealkylation sites (N-methyl/N-ethyl adjacent to an activating group) is 1. The van der Waals surface area contributed by atoms with Crippen LogP contribution in [0.1, 0.15) is 58.4 Å². The Kier molecular flexibility index (Phi) is 9.73. The number of rotatable bonds is 3. The van der Waals surface area contributed by atoms with Crippen LogP contribution in [0.25, 0.3) is 0 Å². The molecular formula is C22H34N2O. The summed E-state index contributed by atoms with van der Waals surface area (Å²) in [5, 5.41) is 0. The van der Waals surface area contributed by atoms with Crippen molar-refractivity contribution in [2.45, 2.75) is 60.8 Å². The summed E-state index contributed by atoms with van der Waals surface area (Å²) in [6.07, 6.45) is 1.77. The van der Waals surface area contributed by atoms with Gasteiger partial charge in [0.05, 0.1) is 17.3 Å². The first kappa shape index (κ1) is 22.8. The molecule has 0 fully saturated rings. The average Bonchev–Trinajstić information content (AvgIpc) is 2.64. The molecule has 1 heterocycles. The third-order valence-corrected chi connectivity index (χ3v) is 3.92. The first-order valence-electron chi connectivity index (χ1n) is 9.11. The van der Waals surface area contributed by atoms with Gasteiger partial charge in [-0.3, -0.25) is 9.78 Å². The van der Waals surface area contributed by atoms with Crippen molar-refractivity contribution in [2.24, 2.45) is 0 Å². The molecule has 0 saturated carbocycles. The minimum absolute atomic E-state index is 0.0578. The first-order valence-corrected chi connectivity index (χ1v) is 9.11. The van der Waals surface area contributed by atoms with Gasteiger partial charge in [0.15, 0.2) is 0 Å². The van der Waals surface area contributed by atoms with Gasteiger partial charge in [-0.2, -0.15) is 0 Å². The monoisotopic (exact) mass is 342 g/mol. The van der Waals surface area contributed by atoms with Gasteiger partial charge < -0.3 is 4.90 Å². The van der Waals surface area contributed by atoms with Crippen molar-refractivity contribution in [1.29, 1.82) is 0 Å². The van der Waals surface area contributed by atoms with E-state index in [4.69, 9.17) is 0 Å². The Balaban J connectivity index is 0.00000134. The van der Waals surface area contributed by atoms with Gasteiger partial charge in [0, 0.05) is 12.7 Å². The second kappa shape index (κ2) is 10.7. The standard InChI is InChI=1S/C18H22N2O.2C2H6/c1-13-11-14(2)19-12-16(13)20(5)17(21)18(3,4)15-9-7-6-8-10-15;2*1-2/h6-12H,1-5H3;2*1-2H3. The topological polar surface area (TPSA) is 33.2 Å². The summed E-state index contributed by atoms with van der Waals surface area (Å²) in [6.45, 7) is 15.9. The van der Waals surface area contributed by atoms with Gasteiger partial charge in [-0.15, -0.1) is 0 Å². The molecule has 2 aromatic rings. The molecule has 2 rings (SSSR count). The van der Waals surface area contributed by atoms with Gasteiger partial charge in [0.25, 0.3) is 0 Å². The maximum atomic E-state index is 12.9. The second-order valence-corrected chi connectivity index (χ2v) is 5.97. The van der Waals surface area contributed by atoms with Crippen LogP contribution in [0, 0.1) is 13.8 Å². The summed E-state index contributed by atoms with van der Waals surface area (Å²) >= 11 is 0. The number of hydrogen-bond acceptors (Lipinski definition) is 2. The molecule has 0 aliphatic heterocycles. The van der Waals surface area contributed by atoms with E-state index >= 15 is 0 Å². The summed E-state index contributed by atoms with van der Waals surface area (Å²) in [5.74, 6) is 0.0578. The number of carbonyl (C=O) groups is 1. The normalized spacial score (nSPS) is 9.96. The molecule has 1 aromatic carbocycles. The Morgan fingerprint density at radius 1 is 1.00 bits per heavy atom. The molecule has 3 heteroatoms. The van der Waals surface area contributed by atoms with Crippen LogP contribution in [0.2, 0.25) is 0 Å². The van der Waals surface area contributed by atoms with Gasteiger partial charge >= 0.3 is 0 Å². The highest BCUT2D eigenvalue weighted by Gasteiger charge is 2.33. The van der Waals surface area contributed by atoms with Gasteiger partial charge in [-0.25, -0.2) is 0 Å². The van der Waals surface area contributed by atoms with Crippen LogP contribution in [0.4, 0.5) is 5.69 Å². The van der Waals surface area contributed by atoms with E-state index in [9.17, 15) is 4.79 Å². The highest BCUT2D eigenvalue weighted by Crippen LogP contribution is 2.28. The van der Waals surface area contributed by atoms with Crippen molar-refractivity contribution in [3.8, 4) is 0 Å². The fraction of sp³-hybridized carbons (Fsp3) is 0.455.